The van der Waals surface area contributed by atoms with Crippen LogP contribution in [-0.2, 0) is 10.0 Å². The van der Waals surface area contributed by atoms with E-state index in [1.807, 2.05) is 0 Å². The van der Waals surface area contributed by atoms with E-state index in [0.717, 1.165) is 11.3 Å². The fraction of sp³-hybridized carbons (Fsp3) is 0. The first-order valence-corrected chi connectivity index (χ1v) is 9.49. The molecule has 10 heteroatoms. The Morgan fingerprint density at radius 1 is 1.10 bits per heavy atom. The highest BCUT2D eigenvalue weighted by Crippen LogP contribution is 2.32. The normalized spacial score (nSPS) is 11.9. The highest BCUT2D eigenvalue weighted by atomic mass is 79.9. The standard InChI is InChI=1S/C11H7Br2N3O3S2/c12-5-1-2-20-10(5)21(18,19)16-7-4-9-8(3-6(7)13)14-11(17)15-9/h1-4,16H,(H2,14,15,17). The topological polar surface area (TPSA) is 94.8 Å². The number of benzene rings is 1. The second-order valence-electron chi connectivity index (χ2n) is 4.12. The third-order valence-electron chi connectivity index (χ3n) is 2.68. The number of sulfonamides is 1. The molecular formula is C11H7Br2N3O3S2. The minimum absolute atomic E-state index is 0.192. The third-order valence-corrected chi connectivity index (χ3v) is 7.37. The van der Waals surface area contributed by atoms with Gasteiger partial charge in [-0.25, -0.2) is 13.2 Å². The van der Waals surface area contributed by atoms with E-state index in [1.54, 1.807) is 23.6 Å². The van der Waals surface area contributed by atoms with Gasteiger partial charge in [0.2, 0.25) is 0 Å². The smallest absolute Gasteiger partial charge is 0.306 e. The molecule has 2 heterocycles. The minimum Gasteiger partial charge on any atom is -0.306 e. The highest BCUT2D eigenvalue weighted by molar-refractivity contribution is 9.11. The maximum absolute atomic E-state index is 12.3. The fourth-order valence-corrected chi connectivity index (χ4v) is 5.78. The molecule has 3 rings (SSSR count). The zero-order chi connectivity index (χ0) is 15.2. The Kier molecular flexibility index (Phi) is 3.72. The summed E-state index contributed by atoms with van der Waals surface area (Å²) >= 11 is 7.61. The summed E-state index contributed by atoms with van der Waals surface area (Å²) in [5.41, 5.74) is 1.11. The lowest BCUT2D eigenvalue weighted by molar-refractivity contribution is 0.603. The van der Waals surface area contributed by atoms with Gasteiger partial charge < -0.3 is 9.97 Å². The van der Waals surface area contributed by atoms with Crippen molar-refractivity contribution in [3.63, 3.8) is 0 Å². The largest absolute Gasteiger partial charge is 0.323 e. The van der Waals surface area contributed by atoms with Crippen molar-refractivity contribution in [2.24, 2.45) is 0 Å². The van der Waals surface area contributed by atoms with Crippen molar-refractivity contribution in [1.82, 2.24) is 9.97 Å². The zero-order valence-electron chi connectivity index (χ0n) is 10.1. The molecule has 0 radical (unpaired) electrons. The third kappa shape index (κ3) is 2.80. The number of hydrogen-bond acceptors (Lipinski definition) is 4. The first-order chi connectivity index (χ1) is 9.87. The van der Waals surface area contributed by atoms with Crippen LogP contribution in [0.4, 0.5) is 5.69 Å². The Balaban J connectivity index is 2.07. The van der Waals surface area contributed by atoms with Gasteiger partial charge in [-0.15, -0.1) is 11.3 Å². The summed E-state index contributed by atoms with van der Waals surface area (Å²) < 4.78 is 28.4. The van der Waals surface area contributed by atoms with Crippen molar-refractivity contribution < 1.29 is 8.42 Å². The number of hydrogen-bond donors (Lipinski definition) is 3. The molecule has 21 heavy (non-hydrogen) atoms. The van der Waals surface area contributed by atoms with Gasteiger partial charge in [-0.2, -0.15) is 0 Å². The summed E-state index contributed by atoms with van der Waals surface area (Å²) in [6, 6.07) is 4.85. The molecule has 0 atom stereocenters. The van der Waals surface area contributed by atoms with Crippen molar-refractivity contribution >= 4 is 69.9 Å². The van der Waals surface area contributed by atoms with Gasteiger partial charge in [0, 0.05) is 8.95 Å². The molecule has 3 N–H and O–H groups in total. The predicted molar refractivity (Wildman–Crippen MR) is 89.4 cm³/mol. The SMILES string of the molecule is O=c1[nH]c2cc(Br)c(NS(=O)(=O)c3sccc3Br)cc2[nH]1. The van der Waals surface area contributed by atoms with E-state index < -0.39 is 10.0 Å². The van der Waals surface area contributed by atoms with Crippen LogP contribution in [0.1, 0.15) is 0 Å². The Morgan fingerprint density at radius 2 is 1.76 bits per heavy atom. The van der Waals surface area contributed by atoms with Gasteiger partial charge in [0.05, 0.1) is 16.7 Å². The average Bonchev–Trinajstić information content (AvgIpc) is 2.95. The summed E-state index contributed by atoms with van der Waals surface area (Å²) in [5.74, 6) is 0. The van der Waals surface area contributed by atoms with Crippen molar-refractivity contribution in [2.45, 2.75) is 4.21 Å². The molecule has 0 aliphatic heterocycles. The number of aromatic amines is 2. The number of fused-ring (bicyclic) bond motifs is 1. The molecule has 0 saturated heterocycles. The Hall–Kier alpha value is -1.10. The first-order valence-electron chi connectivity index (χ1n) is 5.54. The number of nitrogens with one attached hydrogen (secondary N) is 3. The molecule has 6 nitrogen and oxygen atoms in total. The van der Waals surface area contributed by atoms with E-state index >= 15 is 0 Å². The van der Waals surface area contributed by atoms with E-state index in [0.29, 0.717) is 25.7 Å². The van der Waals surface area contributed by atoms with Gasteiger partial charge in [0.15, 0.2) is 4.21 Å². The van der Waals surface area contributed by atoms with Gasteiger partial charge in [0.25, 0.3) is 10.0 Å². The van der Waals surface area contributed by atoms with Crippen molar-refractivity contribution in [3.8, 4) is 0 Å². The average molecular weight is 453 g/mol. The van der Waals surface area contributed by atoms with Crippen LogP contribution < -0.4 is 10.4 Å². The van der Waals surface area contributed by atoms with Crippen molar-refractivity contribution in [1.29, 1.82) is 0 Å². The number of thiophene rings is 1. The van der Waals surface area contributed by atoms with Crippen LogP contribution in [0.25, 0.3) is 11.0 Å². The van der Waals surface area contributed by atoms with Crippen LogP contribution in [0.2, 0.25) is 0 Å². The van der Waals surface area contributed by atoms with E-state index in [2.05, 4.69) is 46.5 Å². The molecule has 0 aliphatic carbocycles. The van der Waals surface area contributed by atoms with Gasteiger partial charge in [-0.1, -0.05) is 0 Å². The second kappa shape index (κ2) is 5.27. The fourth-order valence-electron chi connectivity index (χ4n) is 1.80. The summed E-state index contributed by atoms with van der Waals surface area (Å²) in [4.78, 5) is 16.4. The second-order valence-corrected chi connectivity index (χ2v) is 8.62. The molecule has 0 amide bonds. The van der Waals surface area contributed by atoms with E-state index in [9.17, 15) is 13.2 Å². The highest BCUT2D eigenvalue weighted by Gasteiger charge is 2.20. The number of halogens is 2. The predicted octanol–water partition coefficient (Wildman–Crippen LogP) is 3.24. The van der Waals surface area contributed by atoms with E-state index in [4.69, 9.17) is 0 Å². The number of aromatic nitrogens is 2. The number of rotatable bonds is 3. The van der Waals surface area contributed by atoms with Crippen molar-refractivity contribution in [3.05, 3.63) is 43.0 Å². The molecule has 1 aromatic carbocycles. The first kappa shape index (κ1) is 14.8. The lowest BCUT2D eigenvalue weighted by atomic mass is 10.3. The molecule has 0 bridgehead atoms. The molecule has 0 saturated carbocycles. The molecule has 110 valence electrons. The van der Waals surface area contributed by atoms with E-state index in [-0.39, 0.29) is 9.90 Å². The Labute approximate surface area is 139 Å². The van der Waals surface area contributed by atoms with Gasteiger partial charge >= 0.3 is 5.69 Å². The maximum Gasteiger partial charge on any atom is 0.323 e. The summed E-state index contributed by atoms with van der Waals surface area (Å²) in [6.07, 6.45) is 0. The molecule has 0 fully saturated rings. The van der Waals surface area contributed by atoms with Crippen LogP contribution in [-0.4, -0.2) is 18.4 Å². The quantitative estimate of drug-likeness (QED) is 0.569. The maximum atomic E-state index is 12.3. The molecule has 0 unspecified atom stereocenters. The monoisotopic (exact) mass is 451 g/mol. The van der Waals surface area contributed by atoms with Crippen LogP contribution in [0.5, 0.6) is 0 Å². The number of H-pyrrole nitrogens is 2. The van der Waals surface area contributed by atoms with E-state index in [1.165, 1.54) is 0 Å². The summed E-state index contributed by atoms with van der Waals surface area (Å²) in [7, 11) is -3.70. The molecule has 0 aliphatic rings. The van der Waals surface area contributed by atoms with Crippen LogP contribution in [0.15, 0.2) is 41.5 Å². The Bertz CT molecular complexity index is 988. The van der Waals surface area contributed by atoms with Gasteiger partial charge in [-0.3, -0.25) is 4.72 Å². The number of imidazole rings is 1. The van der Waals surface area contributed by atoms with Crippen LogP contribution in [0.3, 0.4) is 0 Å². The van der Waals surface area contributed by atoms with Crippen LogP contribution in [0, 0.1) is 0 Å². The zero-order valence-corrected chi connectivity index (χ0v) is 14.9. The van der Waals surface area contributed by atoms with Gasteiger partial charge in [0.1, 0.15) is 0 Å². The summed E-state index contributed by atoms with van der Waals surface area (Å²) in [6.45, 7) is 0. The molecular weight excluding hydrogens is 446 g/mol. The lowest BCUT2D eigenvalue weighted by Gasteiger charge is -2.09. The van der Waals surface area contributed by atoms with Crippen LogP contribution >= 0.6 is 43.2 Å². The lowest BCUT2D eigenvalue weighted by Crippen LogP contribution is -2.12. The molecule has 0 spiro atoms. The molecule has 2 aromatic heterocycles. The molecule has 3 aromatic rings. The van der Waals surface area contributed by atoms with Gasteiger partial charge in [-0.05, 0) is 55.4 Å². The minimum atomic E-state index is -3.70. The van der Waals surface area contributed by atoms with Crippen molar-refractivity contribution in [2.75, 3.05) is 4.72 Å². The Morgan fingerprint density at radius 3 is 2.38 bits per heavy atom. The summed E-state index contributed by atoms with van der Waals surface area (Å²) in [5, 5.41) is 1.68. The number of anilines is 1.